The van der Waals surface area contributed by atoms with Gasteiger partial charge in [0, 0.05) is 36.9 Å². The third kappa shape index (κ3) is 4.20. The highest BCUT2D eigenvalue weighted by atomic mass is 19.1. The largest absolute Gasteiger partial charge is 0.384 e. The fourth-order valence-corrected chi connectivity index (χ4v) is 3.84. The molecular formula is C24H24FN7O2. The van der Waals surface area contributed by atoms with Gasteiger partial charge in [-0.15, -0.1) is 0 Å². The van der Waals surface area contributed by atoms with E-state index in [0.717, 1.165) is 17.9 Å². The van der Waals surface area contributed by atoms with E-state index in [2.05, 4.69) is 25.6 Å². The zero-order chi connectivity index (χ0) is 23.9. The maximum atomic E-state index is 14.6. The fraction of sp³-hybridized carbons (Fsp3) is 0.250. The lowest BCUT2D eigenvalue weighted by molar-refractivity contribution is -0.118. The zero-order valence-corrected chi connectivity index (χ0v) is 18.8. The molecule has 3 aromatic heterocycles. The number of aromatic nitrogens is 4. The van der Waals surface area contributed by atoms with Crippen LogP contribution in [0.25, 0.3) is 16.9 Å². The molecule has 0 bridgehead atoms. The number of anilines is 3. The normalized spacial score (nSPS) is 14.6. The lowest BCUT2D eigenvalue weighted by atomic mass is 10.1. The van der Waals surface area contributed by atoms with Crippen LogP contribution in [0.1, 0.15) is 19.5 Å². The maximum absolute atomic E-state index is 14.6. The van der Waals surface area contributed by atoms with Crippen LogP contribution in [0.3, 0.4) is 0 Å². The Labute approximate surface area is 195 Å². The Morgan fingerprint density at radius 3 is 2.68 bits per heavy atom. The number of fused-ring (bicyclic) bond motifs is 1. The van der Waals surface area contributed by atoms with Crippen molar-refractivity contribution in [3.63, 3.8) is 0 Å². The van der Waals surface area contributed by atoms with Gasteiger partial charge in [0.25, 0.3) is 0 Å². The quantitative estimate of drug-likeness (QED) is 0.419. The molecule has 0 radical (unpaired) electrons. The summed E-state index contributed by atoms with van der Waals surface area (Å²) >= 11 is 0. The van der Waals surface area contributed by atoms with Crippen LogP contribution in [-0.2, 0) is 10.4 Å². The van der Waals surface area contributed by atoms with Crippen LogP contribution in [0.15, 0.2) is 54.9 Å². The van der Waals surface area contributed by atoms with Gasteiger partial charge in [-0.25, -0.2) is 14.4 Å². The van der Waals surface area contributed by atoms with Crippen molar-refractivity contribution in [1.29, 1.82) is 0 Å². The average molecular weight is 462 g/mol. The molecule has 1 aliphatic rings. The van der Waals surface area contributed by atoms with Gasteiger partial charge in [-0.05, 0) is 50.2 Å². The molecular weight excluding hydrogens is 437 g/mol. The summed E-state index contributed by atoms with van der Waals surface area (Å²) in [6.07, 6.45) is 2.73. The van der Waals surface area contributed by atoms with E-state index in [1.165, 1.54) is 17.0 Å². The number of hydrogen-bond acceptors (Lipinski definition) is 7. The molecule has 4 heterocycles. The van der Waals surface area contributed by atoms with Gasteiger partial charge in [0.05, 0.1) is 17.6 Å². The highest BCUT2D eigenvalue weighted by molar-refractivity contribution is 5.95. The summed E-state index contributed by atoms with van der Waals surface area (Å²) in [6.45, 7) is 4.99. The maximum Gasteiger partial charge on any atom is 0.240 e. The molecule has 1 amide bonds. The molecule has 1 aliphatic heterocycles. The first-order valence-corrected chi connectivity index (χ1v) is 10.9. The first kappa shape index (κ1) is 21.9. The monoisotopic (exact) mass is 461 g/mol. The first-order chi connectivity index (χ1) is 16.3. The number of carbonyl (C=O) groups is 1. The van der Waals surface area contributed by atoms with Crippen molar-refractivity contribution in [2.24, 2.45) is 0 Å². The molecule has 5 rings (SSSR count). The Kier molecular flexibility index (Phi) is 5.46. The number of rotatable bonds is 5. The van der Waals surface area contributed by atoms with E-state index in [1.807, 2.05) is 24.3 Å². The second kappa shape index (κ2) is 8.47. The van der Waals surface area contributed by atoms with E-state index < -0.39 is 11.4 Å². The number of amides is 1. The highest BCUT2D eigenvalue weighted by Crippen LogP contribution is 2.26. The van der Waals surface area contributed by atoms with Gasteiger partial charge in [0.15, 0.2) is 11.5 Å². The van der Waals surface area contributed by atoms with Crippen molar-refractivity contribution < 1.29 is 14.3 Å². The second-order valence-electron chi connectivity index (χ2n) is 8.61. The average Bonchev–Trinajstić information content (AvgIpc) is 3.15. The molecule has 0 unspecified atom stereocenters. The van der Waals surface area contributed by atoms with Crippen LogP contribution in [-0.4, -0.2) is 50.2 Å². The van der Waals surface area contributed by atoms with Crippen molar-refractivity contribution in [2.45, 2.75) is 19.4 Å². The van der Waals surface area contributed by atoms with Crippen LogP contribution in [0, 0.1) is 5.82 Å². The standard InChI is InChI=1S/C24H24FN7O2/c1-24(2,34)19-4-3-5-20(29-19)32-14-18(25)17-12-27-23(30-22(17)32)28-15-6-8-16(9-7-15)31-11-10-26-13-21(31)33/h3-9,12,14,26,34H,10-11,13H2,1-2H3,(H,27,28,30). The molecule has 0 saturated carbocycles. The first-order valence-electron chi connectivity index (χ1n) is 10.9. The molecule has 3 N–H and O–H groups in total. The lowest BCUT2D eigenvalue weighted by Crippen LogP contribution is -2.48. The summed E-state index contributed by atoms with van der Waals surface area (Å²) in [5.74, 6) is 0.285. The van der Waals surface area contributed by atoms with Gasteiger partial charge < -0.3 is 20.6 Å². The summed E-state index contributed by atoms with van der Waals surface area (Å²) in [6, 6.07) is 12.6. The van der Waals surface area contributed by atoms with E-state index in [-0.39, 0.29) is 17.2 Å². The van der Waals surface area contributed by atoms with E-state index in [9.17, 15) is 14.3 Å². The van der Waals surface area contributed by atoms with Gasteiger partial charge in [0.2, 0.25) is 11.9 Å². The highest BCUT2D eigenvalue weighted by Gasteiger charge is 2.21. The van der Waals surface area contributed by atoms with Crippen LogP contribution in [0.4, 0.5) is 21.7 Å². The van der Waals surface area contributed by atoms with E-state index in [4.69, 9.17) is 0 Å². The predicted molar refractivity (Wildman–Crippen MR) is 127 cm³/mol. The molecule has 0 spiro atoms. The molecule has 0 aliphatic carbocycles. The Morgan fingerprint density at radius 1 is 1.15 bits per heavy atom. The van der Waals surface area contributed by atoms with Crippen molar-refractivity contribution in [3.05, 3.63) is 66.4 Å². The minimum absolute atomic E-state index is 0.0331. The summed E-state index contributed by atoms with van der Waals surface area (Å²) in [5.41, 5.74) is 1.22. The zero-order valence-electron chi connectivity index (χ0n) is 18.8. The molecule has 34 heavy (non-hydrogen) atoms. The van der Waals surface area contributed by atoms with Crippen molar-refractivity contribution in [1.82, 2.24) is 24.8 Å². The lowest BCUT2D eigenvalue weighted by Gasteiger charge is -2.27. The van der Waals surface area contributed by atoms with Crippen molar-refractivity contribution in [2.75, 3.05) is 29.9 Å². The molecule has 1 aromatic carbocycles. The SMILES string of the molecule is CC(C)(O)c1cccc(-n2cc(F)c3cnc(Nc4ccc(N5CCNCC5=O)cc4)nc32)n1. The number of pyridine rings is 1. The number of piperazine rings is 1. The summed E-state index contributed by atoms with van der Waals surface area (Å²) in [7, 11) is 0. The topological polar surface area (TPSA) is 108 Å². The third-order valence-electron chi connectivity index (χ3n) is 5.63. The van der Waals surface area contributed by atoms with Crippen molar-refractivity contribution in [3.8, 4) is 5.82 Å². The Balaban J connectivity index is 1.44. The van der Waals surface area contributed by atoms with Crippen LogP contribution < -0.4 is 15.5 Å². The van der Waals surface area contributed by atoms with Crippen molar-refractivity contribution >= 4 is 34.3 Å². The smallest absolute Gasteiger partial charge is 0.240 e. The Bertz CT molecular complexity index is 1360. The van der Waals surface area contributed by atoms with Gasteiger partial charge in [0.1, 0.15) is 11.4 Å². The number of benzene rings is 1. The van der Waals surface area contributed by atoms with E-state index in [0.29, 0.717) is 30.2 Å². The molecule has 10 heteroatoms. The summed E-state index contributed by atoms with van der Waals surface area (Å²) in [4.78, 5) is 27.1. The van der Waals surface area contributed by atoms with Crippen LogP contribution >= 0.6 is 0 Å². The molecule has 4 aromatic rings. The summed E-state index contributed by atoms with van der Waals surface area (Å²) < 4.78 is 16.1. The van der Waals surface area contributed by atoms with Crippen LogP contribution in [0.5, 0.6) is 0 Å². The molecule has 174 valence electrons. The predicted octanol–water partition coefficient (Wildman–Crippen LogP) is 2.86. The number of halogens is 1. The summed E-state index contributed by atoms with van der Waals surface area (Å²) in [5, 5.41) is 16.7. The molecule has 0 atom stereocenters. The van der Waals surface area contributed by atoms with Gasteiger partial charge in [-0.1, -0.05) is 6.07 Å². The van der Waals surface area contributed by atoms with Gasteiger partial charge in [-0.2, -0.15) is 4.98 Å². The second-order valence-corrected chi connectivity index (χ2v) is 8.61. The number of aliphatic hydroxyl groups is 1. The van der Waals surface area contributed by atoms with E-state index >= 15 is 0 Å². The Hall–Kier alpha value is -3.89. The number of hydrogen-bond donors (Lipinski definition) is 3. The van der Waals surface area contributed by atoms with Gasteiger partial charge in [-0.3, -0.25) is 9.36 Å². The molecule has 9 nitrogen and oxygen atoms in total. The number of nitrogens with one attached hydrogen (secondary N) is 2. The molecule has 1 fully saturated rings. The van der Waals surface area contributed by atoms with E-state index in [1.54, 1.807) is 36.9 Å². The minimum atomic E-state index is -1.14. The third-order valence-corrected chi connectivity index (χ3v) is 5.63. The molecule has 1 saturated heterocycles. The fourth-order valence-electron chi connectivity index (χ4n) is 3.84. The number of nitrogens with zero attached hydrogens (tertiary/aromatic N) is 5. The Morgan fingerprint density at radius 2 is 1.94 bits per heavy atom. The van der Waals surface area contributed by atoms with Crippen LogP contribution in [0.2, 0.25) is 0 Å². The van der Waals surface area contributed by atoms with Gasteiger partial charge >= 0.3 is 0 Å². The number of carbonyl (C=O) groups excluding carboxylic acids is 1. The minimum Gasteiger partial charge on any atom is -0.384 e.